The Labute approximate surface area is 119 Å². The fraction of sp³-hybridized carbons (Fsp3) is 0.154. The van der Waals surface area contributed by atoms with Crippen molar-refractivity contribution in [3.8, 4) is 0 Å². The summed E-state index contributed by atoms with van der Waals surface area (Å²) in [5.41, 5.74) is 8.25. The Balaban J connectivity index is 1.81. The molecule has 0 unspecified atom stereocenters. The van der Waals surface area contributed by atoms with Crippen molar-refractivity contribution >= 4 is 39.1 Å². The van der Waals surface area contributed by atoms with Gasteiger partial charge in [-0.2, -0.15) is 0 Å². The second-order valence-corrected chi connectivity index (χ2v) is 6.03. The molecule has 0 amide bonds. The monoisotopic (exact) mass is 288 g/mol. The van der Waals surface area contributed by atoms with Crippen LogP contribution in [0.1, 0.15) is 11.1 Å². The van der Waals surface area contributed by atoms with Crippen LogP contribution < -0.4 is 5.73 Å². The van der Waals surface area contributed by atoms with Crippen molar-refractivity contribution in [2.75, 3.05) is 5.73 Å². The number of anilines is 1. The largest absolute Gasteiger partial charge is 0.383 e. The molecule has 0 spiro atoms. The Morgan fingerprint density at radius 3 is 3.05 bits per heavy atom. The number of aromatic nitrogens is 3. The molecule has 0 saturated heterocycles. The third-order valence-corrected chi connectivity index (χ3v) is 4.36. The van der Waals surface area contributed by atoms with E-state index in [1.54, 1.807) is 23.1 Å². The van der Waals surface area contributed by atoms with Crippen LogP contribution in [0.15, 0.2) is 35.1 Å². The van der Waals surface area contributed by atoms with Gasteiger partial charge in [-0.25, -0.2) is 9.97 Å². The maximum Gasteiger partial charge on any atom is 0.191 e. The molecule has 0 aromatic carbocycles. The van der Waals surface area contributed by atoms with Gasteiger partial charge in [-0.05, 0) is 29.5 Å². The highest BCUT2D eigenvalue weighted by Gasteiger charge is 2.07. The zero-order valence-corrected chi connectivity index (χ0v) is 12.0. The molecule has 0 radical (unpaired) electrons. The van der Waals surface area contributed by atoms with Crippen molar-refractivity contribution < 1.29 is 0 Å². The normalized spacial score (nSPS) is 11.0. The number of thioether (sulfide) groups is 1. The molecule has 2 N–H and O–H groups in total. The van der Waals surface area contributed by atoms with Gasteiger partial charge < -0.3 is 5.73 Å². The SMILES string of the molecule is Cc1cncc(CSc2nc(N)c3ccsc3n2)c1. The first-order valence-electron chi connectivity index (χ1n) is 5.76. The van der Waals surface area contributed by atoms with E-state index < -0.39 is 0 Å². The molecule has 96 valence electrons. The van der Waals surface area contributed by atoms with Gasteiger partial charge in [0, 0.05) is 18.1 Å². The molecular formula is C13H12N4S2. The van der Waals surface area contributed by atoms with Crippen molar-refractivity contribution in [3.63, 3.8) is 0 Å². The number of aryl methyl sites for hydroxylation is 1. The van der Waals surface area contributed by atoms with Crippen LogP contribution in [-0.4, -0.2) is 15.0 Å². The van der Waals surface area contributed by atoms with Gasteiger partial charge in [0.25, 0.3) is 0 Å². The topological polar surface area (TPSA) is 64.7 Å². The zero-order chi connectivity index (χ0) is 13.2. The van der Waals surface area contributed by atoms with Gasteiger partial charge in [0.1, 0.15) is 10.6 Å². The van der Waals surface area contributed by atoms with Gasteiger partial charge in [0.2, 0.25) is 0 Å². The summed E-state index contributed by atoms with van der Waals surface area (Å²) in [5, 5.41) is 3.63. The number of thiophene rings is 1. The number of nitrogens with two attached hydrogens (primary N) is 1. The smallest absolute Gasteiger partial charge is 0.191 e. The number of hydrogen-bond acceptors (Lipinski definition) is 6. The third kappa shape index (κ3) is 2.69. The maximum absolute atomic E-state index is 5.92. The molecule has 4 nitrogen and oxygen atoms in total. The molecule has 3 aromatic heterocycles. The lowest BCUT2D eigenvalue weighted by Crippen LogP contribution is -1.95. The molecule has 3 heterocycles. The summed E-state index contributed by atoms with van der Waals surface area (Å²) >= 11 is 3.16. The van der Waals surface area contributed by atoms with E-state index in [-0.39, 0.29) is 0 Å². The molecule has 0 aliphatic heterocycles. The van der Waals surface area contributed by atoms with Crippen molar-refractivity contribution in [2.45, 2.75) is 17.8 Å². The lowest BCUT2D eigenvalue weighted by molar-refractivity contribution is 1.02. The summed E-state index contributed by atoms with van der Waals surface area (Å²) in [6.45, 7) is 2.04. The number of fused-ring (bicyclic) bond motifs is 1. The molecule has 0 aliphatic rings. The van der Waals surface area contributed by atoms with Gasteiger partial charge in [-0.1, -0.05) is 17.8 Å². The zero-order valence-electron chi connectivity index (χ0n) is 10.3. The van der Waals surface area contributed by atoms with E-state index in [0.717, 1.165) is 21.5 Å². The fourth-order valence-electron chi connectivity index (χ4n) is 1.77. The van der Waals surface area contributed by atoms with E-state index in [2.05, 4.69) is 21.0 Å². The average Bonchev–Trinajstić information content (AvgIpc) is 2.85. The predicted molar refractivity (Wildman–Crippen MR) is 80.4 cm³/mol. The molecular weight excluding hydrogens is 276 g/mol. The minimum atomic E-state index is 0.552. The Kier molecular flexibility index (Phi) is 3.35. The van der Waals surface area contributed by atoms with E-state index in [0.29, 0.717) is 11.0 Å². The molecule has 3 aromatic rings. The summed E-state index contributed by atoms with van der Waals surface area (Å²) in [4.78, 5) is 14.0. The van der Waals surface area contributed by atoms with E-state index in [1.165, 1.54) is 5.56 Å². The first-order chi connectivity index (χ1) is 9.22. The second-order valence-electron chi connectivity index (χ2n) is 4.19. The van der Waals surface area contributed by atoms with Crippen LogP contribution in [0.5, 0.6) is 0 Å². The minimum Gasteiger partial charge on any atom is -0.383 e. The highest BCUT2D eigenvalue weighted by molar-refractivity contribution is 7.98. The molecule has 0 bridgehead atoms. The first kappa shape index (κ1) is 12.4. The van der Waals surface area contributed by atoms with Crippen molar-refractivity contribution in [3.05, 3.63) is 41.0 Å². The first-order valence-corrected chi connectivity index (χ1v) is 7.63. The summed E-state index contributed by atoms with van der Waals surface area (Å²) in [6.07, 6.45) is 3.72. The lowest BCUT2D eigenvalue weighted by atomic mass is 10.2. The van der Waals surface area contributed by atoms with Crippen molar-refractivity contribution in [1.29, 1.82) is 0 Å². The number of nitrogen functional groups attached to an aromatic ring is 1. The van der Waals surface area contributed by atoms with Crippen LogP contribution in [0.4, 0.5) is 5.82 Å². The van der Waals surface area contributed by atoms with Crippen molar-refractivity contribution in [1.82, 2.24) is 15.0 Å². The molecule has 3 rings (SSSR count). The van der Waals surface area contributed by atoms with Crippen LogP contribution in [0.25, 0.3) is 10.2 Å². The van der Waals surface area contributed by atoms with Gasteiger partial charge >= 0.3 is 0 Å². The average molecular weight is 288 g/mol. The van der Waals surface area contributed by atoms with Gasteiger partial charge in [-0.3, -0.25) is 4.98 Å². The Hall–Kier alpha value is -1.66. The third-order valence-electron chi connectivity index (χ3n) is 2.63. The molecule has 6 heteroatoms. The van der Waals surface area contributed by atoms with E-state index >= 15 is 0 Å². The summed E-state index contributed by atoms with van der Waals surface area (Å²) in [7, 11) is 0. The number of rotatable bonds is 3. The highest BCUT2D eigenvalue weighted by atomic mass is 32.2. The van der Waals surface area contributed by atoms with Crippen molar-refractivity contribution in [2.24, 2.45) is 0 Å². The standard InChI is InChI=1S/C13H12N4S2/c1-8-4-9(6-15-5-8)7-19-13-16-11(14)10-2-3-18-12(10)17-13/h2-6H,7H2,1H3,(H2,14,16,17). The van der Waals surface area contributed by atoms with Crippen LogP contribution in [0.3, 0.4) is 0 Å². The van der Waals surface area contributed by atoms with Gasteiger partial charge in [0.15, 0.2) is 5.16 Å². The predicted octanol–water partition coefficient (Wildman–Crippen LogP) is 3.27. The molecule has 0 atom stereocenters. The van der Waals surface area contributed by atoms with Gasteiger partial charge in [0.05, 0.1) is 5.39 Å². The quantitative estimate of drug-likeness (QED) is 0.592. The molecule has 19 heavy (non-hydrogen) atoms. The summed E-state index contributed by atoms with van der Waals surface area (Å²) in [5.74, 6) is 1.35. The summed E-state index contributed by atoms with van der Waals surface area (Å²) in [6, 6.07) is 4.07. The van der Waals surface area contributed by atoms with Crippen LogP contribution in [0.2, 0.25) is 0 Å². The minimum absolute atomic E-state index is 0.552. The number of nitrogens with zero attached hydrogens (tertiary/aromatic N) is 3. The Bertz CT molecular complexity index is 723. The van der Waals surface area contributed by atoms with E-state index in [1.807, 2.05) is 30.8 Å². The maximum atomic E-state index is 5.92. The summed E-state index contributed by atoms with van der Waals surface area (Å²) < 4.78 is 0. The highest BCUT2D eigenvalue weighted by Crippen LogP contribution is 2.27. The Morgan fingerprint density at radius 1 is 1.32 bits per heavy atom. The second kappa shape index (κ2) is 5.14. The molecule has 0 aliphatic carbocycles. The number of pyridine rings is 1. The van der Waals surface area contributed by atoms with Crippen LogP contribution >= 0.6 is 23.1 Å². The van der Waals surface area contributed by atoms with Crippen LogP contribution in [0, 0.1) is 6.92 Å². The fourth-order valence-corrected chi connectivity index (χ4v) is 3.37. The molecule has 0 fully saturated rings. The van der Waals surface area contributed by atoms with Crippen LogP contribution in [-0.2, 0) is 5.75 Å². The van der Waals surface area contributed by atoms with Gasteiger partial charge in [-0.15, -0.1) is 11.3 Å². The van der Waals surface area contributed by atoms with E-state index in [4.69, 9.17) is 5.73 Å². The lowest BCUT2D eigenvalue weighted by Gasteiger charge is -2.03. The Morgan fingerprint density at radius 2 is 2.21 bits per heavy atom. The van der Waals surface area contributed by atoms with E-state index in [9.17, 15) is 0 Å². The number of hydrogen-bond donors (Lipinski definition) is 1. The molecule has 0 saturated carbocycles.